The van der Waals surface area contributed by atoms with Gasteiger partial charge in [0.1, 0.15) is 17.6 Å². The van der Waals surface area contributed by atoms with E-state index in [1.54, 1.807) is 24.1 Å². The first-order chi connectivity index (χ1) is 14.1. The summed E-state index contributed by atoms with van der Waals surface area (Å²) in [5.74, 6) is -0.0539. The second-order valence-corrected chi connectivity index (χ2v) is 8.34. The summed E-state index contributed by atoms with van der Waals surface area (Å²) >= 11 is 0. The van der Waals surface area contributed by atoms with E-state index in [1.807, 2.05) is 52.0 Å². The van der Waals surface area contributed by atoms with Crippen LogP contribution in [-0.2, 0) is 22.6 Å². The lowest BCUT2D eigenvalue weighted by Crippen LogP contribution is -2.53. The molecule has 0 unspecified atom stereocenters. The van der Waals surface area contributed by atoms with Gasteiger partial charge >= 0.3 is 0 Å². The Morgan fingerprint density at radius 3 is 2.33 bits per heavy atom. The molecule has 0 fully saturated rings. The van der Waals surface area contributed by atoms with Crippen molar-refractivity contribution in [2.24, 2.45) is 0 Å². The number of halogens is 1. The van der Waals surface area contributed by atoms with Crippen molar-refractivity contribution < 1.29 is 18.7 Å². The number of carbonyl (C=O) groups is 2. The van der Waals surface area contributed by atoms with Gasteiger partial charge in [-0.15, -0.1) is 0 Å². The summed E-state index contributed by atoms with van der Waals surface area (Å²) < 4.78 is 18.5. The molecule has 1 N–H and O–H groups in total. The SMILES string of the molecule is CC[C@H](C(=O)NC(C)(C)C)N(Cc1cccc(OC)c1)C(=O)Cc1ccc(F)cc1. The summed E-state index contributed by atoms with van der Waals surface area (Å²) in [6, 6.07) is 12.7. The molecule has 2 rings (SSSR count). The maximum atomic E-state index is 13.2. The molecule has 162 valence electrons. The fourth-order valence-corrected chi connectivity index (χ4v) is 3.22. The van der Waals surface area contributed by atoms with Gasteiger partial charge in [0, 0.05) is 12.1 Å². The molecule has 30 heavy (non-hydrogen) atoms. The molecule has 2 aromatic rings. The van der Waals surface area contributed by atoms with E-state index < -0.39 is 11.6 Å². The van der Waals surface area contributed by atoms with Crippen LogP contribution in [-0.4, -0.2) is 35.4 Å². The van der Waals surface area contributed by atoms with Crippen LogP contribution in [0.25, 0.3) is 0 Å². The van der Waals surface area contributed by atoms with Crippen LogP contribution in [0.15, 0.2) is 48.5 Å². The molecule has 0 aliphatic carbocycles. The van der Waals surface area contributed by atoms with E-state index in [0.717, 1.165) is 5.56 Å². The fraction of sp³-hybridized carbons (Fsp3) is 0.417. The zero-order valence-electron chi connectivity index (χ0n) is 18.4. The Bertz CT molecular complexity index is 859. The summed E-state index contributed by atoms with van der Waals surface area (Å²) in [6.45, 7) is 7.88. The average molecular weight is 415 g/mol. The van der Waals surface area contributed by atoms with Gasteiger partial charge in [0.25, 0.3) is 0 Å². The van der Waals surface area contributed by atoms with E-state index in [1.165, 1.54) is 12.1 Å². The van der Waals surface area contributed by atoms with Gasteiger partial charge in [0.05, 0.1) is 13.5 Å². The van der Waals surface area contributed by atoms with Crippen molar-refractivity contribution in [2.75, 3.05) is 7.11 Å². The lowest BCUT2D eigenvalue weighted by molar-refractivity contribution is -0.141. The summed E-state index contributed by atoms with van der Waals surface area (Å²) in [5.41, 5.74) is 1.15. The molecule has 0 aromatic heterocycles. The molecule has 0 radical (unpaired) electrons. The van der Waals surface area contributed by atoms with Crippen molar-refractivity contribution in [1.82, 2.24) is 10.2 Å². The number of methoxy groups -OCH3 is 1. The largest absolute Gasteiger partial charge is 0.497 e. The second kappa shape index (κ2) is 10.2. The normalized spacial score (nSPS) is 12.2. The molecule has 0 aliphatic heterocycles. The third kappa shape index (κ3) is 6.87. The molecule has 0 saturated carbocycles. The predicted molar refractivity (Wildman–Crippen MR) is 116 cm³/mol. The monoisotopic (exact) mass is 414 g/mol. The van der Waals surface area contributed by atoms with Crippen LogP contribution in [0.1, 0.15) is 45.2 Å². The number of rotatable bonds is 8. The van der Waals surface area contributed by atoms with Crippen LogP contribution >= 0.6 is 0 Å². The number of nitrogens with one attached hydrogen (secondary N) is 1. The zero-order chi connectivity index (χ0) is 22.3. The van der Waals surface area contributed by atoms with E-state index >= 15 is 0 Å². The number of amides is 2. The predicted octanol–water partition coefficient (Wildman–Crippen LogP) is 4.10. The van der Waals surface area contributed by atoms with Gasteiger partial charge in [-0.2, -0.15) is 0 Å². The van der Waals surface area contributed by atoms with Gasteiger partial charge in [-0.3, -0.25) is 9.59 Å². The molecule has 0 bridgehead atoms. The zero-order valence-corrected chi connectivity index (χ0v) is 18.4. The first-order valence-electron chi connectivity index (χ1n) is 10.1. The van der Waals surface area contributed by atoms with Crippen molar-refractivity contribution in [3.63, 3.8) is 0 Å². The highest BCUT2D eigenvalue weighted by Crippen LogP contribution is 2.19. The topological polar surface area (TPSA) is 58.6 Å². The molecule has 2 amide bonds. The number of hydrogen-bond donors (Lipinski definition) is 1. The Labute approximate surface area is 178 Å². The van der Waals surface area contributed by atoms with Gasteiger partial charge in [-0.25, -0.2) is 4.39 Å². The molecule has 0 spiro atoms. The van der Waals surface area contributed by atoms with Crippen LogP contribution in [0.4, 0.5) is 4.39 Å². The molecular weight excluding hydrogens is 383 g/mol. The van der Waals surface area contributed by atoms with Crippen LogP contribution in [0.3, 0.4) is 0 Å². The molecule has 0 heterocycles. The number of nitrogens with zero attached hydrogens (tertiary/aromatic N) is 1. The first kappa shape index (κ1) is 23.4. The second-order valence-electron chi connectivity index (χ2n) is 8.34. The Hall–Kier alpha value is -2.89. The lowest BCUT2D eigenvalue weighted by atomic mass is 10.0. The Morgan fingerprint density at radius 1 is 1.10 bits per heavy atom. The average Bonchev–Trinajstić information content (AvgIpc) is 2.68. The number of ether oxygens (including phenoxy) is 1. The summed E-state index contributed by atoms with van der Waals surface area (Å²) in [6.07, 6.45) is 0.560. The van der Waals surface area contributed by atoms with E-state index in [9.17, 15) is 14.0 Å². The lowest BCUT2D eigenvalue weighted by Gasteiger charge is -2.33. The minimum absolute atomic E-state index is 0.0869. The van der Waals surface area contributed by atoms with Gasteiger partial charge in [0.15, 0.2) is 0 Å². The molecule has 6 heteroatoms. The maximum Gasteiger partial charge on any atom is 0.243 e. The van der Waals surface area contributed by atoms with Crippen LogP contribution < -0.4 is 10.1 Å². The highest BCUT2D eigenvalue weighted by atomic mass is 19.1. The standard InChI is InChI=1S/C24H31FN2O3/c1-6-21(23(29)26-24(2,3)4)27(16-18-8-7-9-20(14-18)30-5)22(28)15-17-10-12-19(25)13-11-17/h7-14,21H,6,15-16H2,1-5H3,(H,26,29)/t21-/m1/s1. The van der Waals surface area contributed by atoms with Gasteiger partial charge in [0.2, 0.25) is 11.8 Å². The summed E-state index contributed by atoms with van der Waals surface area (Å²) in [5, 5.41) is 2.98. The van der Waals surface area contributed by atoms with Crippen molar-refractivity contribution in [1.29, 1.82) is 0 Å². The number of hydrogen-bond acceptors (Lipinski definition) is 3. The van der Waals surface area contributed by atoms with Gasteiger partial charge in [-0.1, -0.05) is 31.2 Å². The Morgan fingerprint density at radius 2 is 1.77 bits per heavy atom. The third-order valence-electron chi connectivity index (χ3n) is 4.64. The molecule has 5 nitrogen and oxygen atoms in total. The first-order valence-corrected chi connectivity index (χ1v) is 10.1. The summed E-state index contributed by atoms with van der Waals surface area (Å²) in [4.78, 5) is 27.8. The van der Waals surface area contributed by atoms with Crippen LogP contribution in [0.2, 0.25) is 0 Å². The molecule has 2 aromatic carbocycles. The van der Waals surface area contributed by atoms with Gasteiger partial charge in [-0.05, 0) is 62.6 Å². The quantitative estimate of drug-likeness (QED) is 0.708. The highest BCUT2D eigenvalue weighted by molar-refractivity contribution is 5.88. The van der Waals surface area contributed by atoms with Crippen molar-refractivity contribution in [2.45, 2.75) is 58.7 Å². The smallest absolute Gasteiger partial charge is 0.243 e. The van der Waals surface area contributed by atoms with E-state index in [4.69, 9.17) is 4.74 Å². The minimum Gasteiger partial charge on any atom is -0.497 e. The van der Waals surface area contributed by atoms with E-state index in [0.29, 0.717) is 17.7 Å². The number of benzene rings is 2. The molecule has 1 atom stereocenters. The van der Waals surface area contributed by atoms with Crippen molar-refractivity contribution >= 4 is 11.8 Å². The highest BCUT2D eigenvalue weighted by Gasteiger charge is 2.30. The van der Waals surface area contributed by atoms with E-state index in [-0.39, 0.29) is 30.6 Å². The fourth-order valence-electron chi connectivity index (χ4n) is 3.22. The van der Waals surface area contributed by atoms with Crippen molar-refractivity contribution in [3.8, 4) is 5.75 Å². The Balaban J connectivity index is 2.32. The molecular formula is C24H31FN2O3. The van der Waals surface area contributed by atoms with Crippen LogP contribution in [0, 0.1) is 5.82 Å². The molecule has 0 aliphatic rings. The maximum absolute atomic E-state index is 13.2. The summed E-state index contributed by atoms with van der Waals surface area (Å²) in [7, 11) is 1.59. The Kier molecular flexibility index (Phi) is 7.98. The third-order valence-corrected chi connectivity index (χ3v) is 4.64. The number of carbonyl (C=O) groups excluding carboxylic acids is 2. The van der Waals surface area contributed by atoms with Crippen LogP contribution in [0.5, 0.6) is 5.75 Å². The molecule has 0 saturated heterocycles. The van der Waals surface area contributed by atoms with Crippen molar-refractivity contribution in [3.05, 3.63) is 65.5 Å². The van der Waals surface area contributed by atoms with E-state index in [2.05, 4.69) is 5.32 Å². The minimum atomic E-state index is -0.622. The van der Waals surface area contributed by atoms with Gasteiger partial charge < -0.3 is 15.0 Å².